The van der Waals surface area contributed by atoms with Crippen molar-refractivity contribution in [2.75, 3.05) is 38.7 Å². The number of ether oxygens (including phenoxy) is 3. The summed E-state index contributed by atoms with van der Waals surface area (Å²) in [6, 6.07) is 7.15. The number of hydrogen-bond donors (Lipinski definition) is 3. The number of nitrogens with one attached hydrogen (secondary N) is 3. The molecule has 0 fully saturated rings. The van der Waals surface area contributed by atoms with Gasteiger partial charge < -0.3 is 34.7 Å². The standard InChI is InChI=1S/C28H36N4O7/c1-7-38-26(35)21-12-17(2)30-23(21)14-20-19-13-18(8-9-22(19)31-25(20)34)15-32(6)24(33)16-37-11-10-29-27(36)39-28(3,4)5/h8-9,12-14,30H,7,10-11,15-16H2,1-6H3,(H,29,36)(H,31,34)/b20-14-. The Balaban J connectivity index is 1.61. The highest BCUT2D eigenvalue weighted by Crippen LogP contribution is 2.34. The molecule has 1 aliphatic heterocycles. The molecule has 3 rings (SSSR count). The molecule has 1 aliphatic rings. The van der Waals surface area contributed by atoms with Gasteiger partial charge in [-0.05, 0) is 64.5 Å². The molecule has 3 amide bonds. The van der Waals surface area contributed by atoms with Gasteiger partial charge in [0, 0.05) is 37.1 Å². The molecule has 0 bridgehead atoms. The molecular formula is C28H36N4O7. The van der Waals surface area contributed by atoms with E-state index in [1.807, 2.05) is 19.1 Å². The number of aryl methyl sites for hydroxylation is 1. The Morgan fingerprint density at radius 3 is 2.59 bits per heavy atom. The zero-order chi connectivity index (χ0) is 28.7. The third-order valence-electron chi connectivity index (χ3n) is 5.62. The molecule has 3 N–H and O–H groups in total. The highest BCUT2D eigenvalue weighted by molar-refractivity contribution is 6.35. The van der Waals surface area contributed by atoms with Crippen molar-refractivity contribution in [1.82, 2.24) is 15.2 Å². The minimum Gasteiger partial charge on any atom is -0.462 e. The van der Waals surface area contributed by atoms with Crippen molar-refractivity contribution in [3.8, 4) is 0 Å². The van der Waals surface area contributed by atoms with E-state index in [0.29, 0.717) is 34.6 Å². The number of aromatic nitrogens is 1. The molecule has 0 atom stereocenters. The van der Waals surface area contributed by atoms with Gasteiger partial charge in [-0.25, -0.2) is 9.59 Å². The van der Waals surface area contributed by atoms with Gasteiger partial charge in [0.2, 0.25) is 5.91 Å². The Labute approximate surface area is 227 Å². The quantitative estimate of drug-likeness (QED) is 0.238. The highest BCUT2D eigenvalue weighted by Gasteiger charge is 2.26. The number of alkyl carbamates (subject to hydrolysis) is 1. The zero-order valence-corrected chi connectivity index (χ0v) is 23.2. The van der Waals surface area contributed by atoms with Gasteiger partial charge in [0.15, 0.2) is 0 Å². The van der Waals surface area contributed by atoms with Crippen LogP contribution in [-0.4, -0.2) is 72.8 Å². The molecule has 0 spiro atoms. The van der Waals surface area contributed by atoms with E-state index in [2.05, 4.69) is 15.6 Å². The van der Waals surface area contributed by atoms with Crippen molar-refractivity contribution in [3.63, 3.8) is 0 Å². The summed E-state index contributed by atoms with van der Waals surface area (Å²) in [4.78, 5) is 53.9. The second kappa shape index (κ2) is 12.6. The lowest BCUT2D eigenvalue weighted by Crippen LogP contribution is -2.35. The van der Waals surface area contributed by atoms with Crippen LogP contribution in [0.5, 0.6) is 0 Å². The van der Waals surface area contributed by atoms with Crippen LogP contribution >= 0.6 is 0 Å². The van der Waals surface area contributed by atoms with Crippen molar-refractivity contribution < 1.29 is 33.4 Å². The maximum absolute atomic E-state index is 12.7. The van der Waals surface area contributed by atoms with Crippen LogP contribution in [0.2, 0.25) is 0 Å². The summed E-state index contributed by atoms with van der Waals surface area (Å²) in [5.74, 6) is -0.996. The van der Waals surface area contributed by atoms with Crippen LogP contribution in [0, 0.1) is 6.92 Å². The Morgan fingerprint density at radius 2 is 1.90 bits per heavy atom. The summed E-state index contributed by atoms with van der Waals surface area (Å²) in [5.41, 5.74) is 3.54. The largest absolute Gasteiger partial charge is 0.462 e. The number of esters is 1. The molecule has 210 valence electrons. The lowest BCUT2D eigenvalue weighted by Gasteiger charge is -2.20. The normalized spacial score (nSPS) is 13.6. The van der Waals surface area contributed by atoms with Gasteiger partial charge in [0.05, 0.1) is 30.0 Å². The predicted molar refractivity (Wildman–Crippen MR) is 146 cm³/mol. The average molecular weight is 541 g/mol. The number of rotatable bonds is 10. The number of hydrogen-bond acceptors (Lipinski definition) is 7. The number of aromatic amines is 1. The predicted octanol–water partition coefficient (Wildman–Crippen LogP) is 3.49. The number of nitrogens with zero attached hydrogens (tertiary/aromatic N) is 1. The van der Waals surface area contributed by atoms with Crippen LogP contribution in [0.3, 0.4) is 0 Å². The third-order valence-corrected chi connectivity index (χ3v) is 5.62. The van der Waals surface area contributed by atoms with E-state index in [1.54, 1.807) is 53.0 Å². The summed E-state index contributed by atoms with van der Waals surface area (Å²) in [6.07, 6.45) is 1.09. The Hall–Kier alpha value is -4.12. The first kappa shape index (κ1) is 29.4. The third kappa shape index (κ3) is 8.18. The number of carbonyl (C=O) groups is 4. The van der Waals surface area contributed by atoms with Crippen LogP contribution in [0.4, 0.5) is 10.5 Å². The number of fused-ring (bicyclic) bond motifs is 1. The smallest absolute Gasteiger partial charge is 0.407 e. The lowest BCUT2D eigenvalue weighted by molar-refractivity contribution is -0.135. The van der Waals surface area contributed by atoms with E-state index in [0.717, 1.165) is 11.3 Å². The van der Waals surface area contributed by atoms with E-state index in [1.165, 1.54) is 4.90 Å². The van der Waals surface area contributed by atoms with Gasteiger partial charge in [-0.2, -0.15) is 0 Å². The molecule has 39 heavy (non-hydrogen) atoms. The Bertz CT molecular complexity index is 1270. The Morgan fingerprint density at radius 1 is 1.15 bits per heavy atom. The molecule has 11 heteroatoms. The van der Waals surface area contributed by atoms with E-state index < -0.39 is 17.7 Å². The van der Waals surface area contributed by atoms with Crippen molar-refractivity contribution in [3.05, 3.63) is 52.3 Å². The average Bonchev–Trinajstić information content (AvgIpc) is 3.36. The van der Waals surface area contributed by atoms with Crippen LogP contribution in [0.1, 0.15) is 60.6 Å². The summed E-state index contributed by atoms with van der Waals surface area (Å²) in [5, 5.41) is 5.41. The SMILES string of the molecule is CCOC(=O)c1cc(C)[nH]c1/C=C1\C(=O)Nc2ccc(CN(C)C(=O)COCCNC(=O)OC(C)(C)C)cc21. The molecule has 0 radical (unpaired) electrons. The van der Waals surface area contributed by atoms with E-state index in [-0.39, 0.29) is 38.2 Å². The summed E-state index contributed by atoms with van der Waals surface area (Å²) >= 11 is 0. The molecule has 11 nitrogen and oxygen atoms in total. The number of amides is 3. The minimum absolute atomic E-state index is 0.147. The summed E-state index contributed by atoms with van der Waals surface area (Å²) in [6.45, 7) is 9.63. The first-order chi connectivity index (χ1) is 18.4. The lowest BCUT2D eigenvalue weighted by atomic mass is 10.0. The second-order valence-corrected chi connectivity index (χ2v) is 10.1. The molecule has 2 heterocycles. The number of carbonyl (C=O) groups excluding carboxylic acids is 4. The van der Waals surface area contributed by atoms with Crippen molar-refractivity contribution in [2.45, 2.75) is 46.8 Å². The molecule has 0 saturated heterocycles. The first-order valence-corrected chi connectivity index (χ1v) is 12.7. The molecule has 1 aromatic carbocycles. The number of likely N-dealkylation sites (N-methyl/N-ethyl adjacent to an activating group) is 1. The van der Waals surface area contributed by atoms with Gasteiger partial charge in [0.1, 0.15) is 12.2 Å². The fourth-order valence-electron chi connectivity index (χ4n) is 3.89. The van der Waals surface area contributed by atoms with Crippen molar-refractivity contribution in [2.24, 2.45) is 0 Å². The number of benzene rings is 1. The fourth-order valence-corrected chi connectivity index (χ4v) is 3.89. The molecule has 1 aromatic heterocycles. The molecule has 2 aromatic rings. The highest BCUT2D eigenvalue weighted by atomic mass is 16.6. The zero-order valence-electron chi connectivity index (χ0n) is 23.2. The maximum Gasteiger partial charge on any atom is 0.407 e. The van der Waals surface area contributed by atoms with Crippen LogP contribution in [0.25, 0.3) is 11.6 Å². The molecular weight excluding hydrogens is 504 g/mol. The van der Waals surface area contributed by atoms with Crippen LogP contribution in [0.15, 0.2) is 24.3 Å². The maximum atomic E-state index is 12.7. The molecule has 0 unspecified atom stereocenters. The minimum atomic E-state index is -0.590. The monoisotopic (exact) mass is 540 g/mol. The molecule has 0 aliphatic carbocycles. The summed E-state index contributed by atoms with van der Waals surface area (Å²) in [7, 11) is 1.66. The van der Waals surface area contributed by atoms with Crippen molar-refractivity contribution in [1.29, 1.82) is 0 Å². The van der Waals surface area contributed by atoms with Crippen LogP contribution < -0.4 is 10.6 Å². The second-order valence-electron chi connectivity index (χ2n) is 10.1. The van der Waals surface area contributed by atoms with Gasteiger partial charge >= 0.3 is 12.1 Å². The fraction of sp³-hybridized carbons (Fsp3) is 0.429. The van der Waals surface area contributed by atoms with Crippen molar-refractivity contribution >= 4 is 41.2 Å². The molecule has 0 saturated carbocycles. The number of H-pyrrole nitrogens is 1. The number of anilines is 1. The van der Waals surface area contributed by atoms with E-state index in [4.69, 9.17) is 14.2 Å². The van der Waals surface area contributed by atoms with Gasteiger partial charge in [0.25, 0.3) is 5.91 Å². The van der Waals surface area contributed by atoms with Gasteiger partial charge in [-0.3, -0.25) is 9.59 Å². The van der Waals surface area contributed by atoms with Gasteiger partial charge in [-0.15, -0.1) is 0 Å². The summed E-state index contributed by atoms with van der Waals surface area (Å²) < 4.78 is 15.7. The van der Waals surface area contributed by atoms with Gasteiger partial charge in [-0.1, -0.05) is 6.07 Å². The first-order valence-electron chi connectivity index (χ1n) is 12.7. The van der Waals surface area contributed by atoms with E-state index >= 15 is 0 Å². The van der Waals surface area contributed by atoms with Crippen LogP contribution in [-0.2, 0) is 30.3 Å². The topological polar surface area (TPSA) is 139 Å². The van der Waals surface area contributed by atoms with E-state index in [9.17, 15) is 19.2 Å². The Kier molecular flexibility index (Phi) is 9.52.